The van der Waals surface area contributed by atoms with Crippen LogP contribution < -0.4 is 10.6 Å². The van der Waals surface area contributed by atoms with E-state index in [0.717, 1.165) is 18.7 Å². The molecule has 1 aliphatic rings. The standard InChI is InChI=1S/C20H23N3O2.ClH/c1-14-8-9-17(20(25)23-11-10-21-13-15(23)2)12-18(14)22-19(24)16-6-4-3-5-7-16;/h3-9,12,15,21H,10-11,13H2,1-2H3,(H,22,24);1H/t15-;/m0./s1. The molecule has 0 aromatic heterocycles. The first kappa shape index (κ1) is 19.9. The molecule has 5 nitrogen and oxygen atoms in total. The third-order valence-electron chi connectivity index (χ3n) is 4.53. The number of nitrogens with zero attached hydrogens (tertiary/aromatic N) is 1. The summed E-state index contributed by atoms with van der Waals surface area (Å²) in [7, 11) is 0. The molecule has 2 amide bonds. The molecule has 2 N–H and O–H groups in total. The van der Waals surface area contributed by atoms with Gasteiger partial charge in [0.2, 0.25) is 0 Å². The molecule has 0 aliphatic carbocycles. The second-order valence-electron chi connectivity index (χ2n) is 6.40. The lowest BCUT2D eigenvalue weighted by Gasteiger charge is -2.34. The van der Waals surface area contributed by atoms with Crippen molar-refractivity contribution in [1.29, 1.82) is 0 Å². The van der Waals surface area contributed by atoms with Crippen LogP contribution in [0.3, 0.4) is 0 Å². The van der Waals surface area contributed by atoms with Crippen molar-refractivity contribution in [3.05, 3.63) is 65.2 Å². The zero-order chi connectivity index (χ0) is 17.8. The number of aryl methyl sites for hydroxylation is 1. The second-order valence-corrected chi connectivity index (χ2v) is 6.40. The first-order chi connectivity index (χ1) is 12.1. The largest absolute Gasteiger partial charge is 0.333 e. The SMILES string of the molecule is Cc1ccc(C(=O)N2CCNC[C@@H]2C)cc1NC(=O)c1ccccc1.Cl. The third kappa shape index (κ3) is 4.42. The minimum absolute atomic E-state index is 0. The minimum Gasteiger partial charge on any atom is -0.333 e. The topological polar surface area (TPSA) is 61.4 Å². The third-order valence-corrected chi connectivity index (χ3v) is 4.53. The average Bonchev–Trinajstić information content (AvgIpc) is 2.64. The highest BCUT2D eigenvalue weighted by Gasteiger charge is 2.24. The number of hydrogen-bond acceptors (Lipinski definition) is 3. The van der Waals surface area contributed by atoms with Gasteiger partial charge in [0.15, 0.2) is 0 Å². The molecule has 1 fully saturated rings. The Kier molecular flexibility index (Phi) is 6.77. The van der Waals surface area contributed by atoms with Crippen molar-refractivity contribution < 1.29 is 9.59 Å². The van der Waals surface area contributed by atoms with E-state index in [1.165, 1.54) is 0 Å². The Morgan fingerprint density at radius 3 is 2.54 bits per heavy atom. The van der Waals surface area contributed by atoms with E-state index in [2.05, 4.69) is 10.6 Å². The fourth-order valence-corrected chi connectivity index (χ4v) is 2.98. The Morgan fingerprint density at radius 1 is 1.12 bits per heavy atom. The average molecular weight is 374 g/mol. The van der Waals surface area contributed by atoms with Crippen LogP contribution >= 0.6 is 12.4 Å². The molecule has 1 heterocycles. The van der Waals surface area contributed by atoms with E-state index in [1.54, 1.807) is 18.2 Å². The van der Waals surface area contributed by atoms with E-state index >= 15 is 0 Å². The van der Waals surface area contributed by atoms with Crippen molar-refractivity contribution in [3.8, 4) is 0 Å². The van der Waals surface area contributed by atoms with Crippen molar-refractivity contribution in [2.75, 3.05) is 25.0 Å². The molecule has 2 aromatic rings. The zero-order valence-electron chi connectivity index (χ0n) is 15.0. The van der Waals surface area contributed by atoms with Crippen LogP contribution in [0.2, 0.25) is 0 Å². The number of benzene rings is 2. The second kappa shape index (κ2) is 8.83. The lowest BCUT2D eigenvalue weighted by Crippen LogP contribution is -2.52. The molecule has 3 rings (SSSR count). The molecule has 1 aliphatic heterocycles. The number of halogens is 1. The highest BCUT2D eigenvalue weighted by Crippen LogP contribution is 2.20. The summed E-state index contributed by atoms with van der Waals surface area (Å²) in [5, 5.41) is 6.20. The van der Waals surface area contributed by atoms with Gasteiger partial charge < -0.3 is 15.5 Å². The monoisotopic (exact) mass is 373 g/mol. The van der Waals surface area contributed by atoms with Crippen LogP contribution in [0.1, 0.15) is 33.2 Å². The van der Waals surface area contributed by atoms with Gasteiger partial charge in [0.05, 0.1) is 0 Å². The molecular formula is C20H24ClN3O2. The normalized spacial score (nSPS) is 16.5. The summed E-state index contributed by atoms with van der Waals surface area (Å²) in [4.78, 5) is 27.1. The molecule has 0 saturated carbocycles. The molecule has 0 radical (unpaired) electrons. The fourth-order valence-electron chi connectivity index (χ4n) is 2.98. The van der Waals surface area contributed by atoms with E-state index in [9.17, 15) is 9.59 Å². The lowest BCUT2D eigenvalue weighted by molar-refractivity contribution is 0.0655. The molecule has 138 valence electrons. The Labute approximate surface area is 160 Å². The number of amides is 2. The van der Waals surface area contributed by atoms with Crippen LogP contribution in [-0.2, 0) is 0 Å². The summed E-state index contributed by atoms with van der Waals surface area (Å²) in [5.74, 6) is -0.173. The van der Waals surface area contributed by atoms with Crippen LogP contribution in [0.5, 0.6) is 0 Å². The minimum atomic E-state index is -0.177. The number of hydrogen-bond donors (Lipinski definition) is 2. The summed E-state index contributed by atoms with van der Waals surface area (Å²) in [6, 6.07) is 14.7. The summed E-state index contributed by atoms with van der Waals surface area (Å²) in [6.07, 6.45) is 0. The molecule has 26 heavy (non-hydrogen) atoms. The highest BCUT2D eigenvalue weighted by atomic mass is 35.5. The van der Waals surface area contributed by atoms with E-state index in [4.69, 9.17) is 0 Å². The van der Waals surface area contributed by atoms with Crippen LogP contribution in [0.15, 0.2) is 48.5 Å². The van der Waals surface area contributed by atoms with Gasteiger partial charge in [-0.25, -0.2) is 0 Å². The maximum Gasteiger partial charge on any atom is 0.255 e. The zero-order valence-corrected chi connectivity index (χ0v) is 15.8. The van der Waals surface area contributed by atoms with Crippen molar-refractivity contribution in [3.63, 3.8) is 0 Å². The Balaban J connectivity index is 0.00000243. The van der Waals surface area contributed by atoms with E-state index < -0.39 is 0 Å². The first-order valence-corrected chi connectivity index (χ1v) is 8.55. The smallest absolute Gasteiger partial charge is 0.255 e. The van der Waals surface area contributed by atoms with Crippen LogP contribution in [0, 0.1) is 6.92 Å². The number of carbonyl (C=O) groups excluding carboxylic acids is 2. The lowest BCUT2D eigenvalue weighted by atomic mass is 10.1. The molecule has 0 bridgehead atoms. The number of carbonyl (C=O) groups is 2. The van der Waals surface area contributed by atoms with Gasteiger partial charge in [0.25, 0.3) is 11.8 Å². The predicted molar refractivity (Wildman–Crippen MR) is 106 cm³/mol. The first-order valence-electron chi connectivity index (χ1n) is 8.55. The van der Waals surface area contributed by atoms with Gasteiger partial charge >= 0.3 is 0 Å². The summed E-state index contributed by atoms with van der Waals surface area (Å²) in [5.41, 5.74) is 2.79. The van der Waals surface area contributed by atoms with E-state index in [-0.39, 0.29) is 30.3 Å². The molecule has 0 spiro atoms. The maximum atomic E-state index is 12.8. The van der Waals surface area contributed by atoms with Crippen molar-refractivity contribution >= 4 is 29.9 Å². The van der Waals surface area contributed by atoms with Gasteiger partial charge in [-0.3, -0.25) is 9.59 Å². The molecule has 1 atom stereocenters. The van der Waals surface area contributed by atoms with Crippen LogP contribution in [0.4, 0.5) is 5.69 Å². The van der Waals surface area contributed by atoms with Crippen molar-refractivity contribution in [2.24, 2.45) is 0 Å². The van der Waals surface area contributed by atoms with Gasteiger partial charge in [0.1, 0.15) is 0 Å². The van der Waals surface area contributed by atoms with Gasteiger partial charge in [-0.15, -0.1) is 12.4 Å². The predicted octanol–water partition coefficient (Wildman–Crippen LogP) is 3.10. The fraction of sp³-hybridized carbons (Fsp3) is 0.300. The molecular weight excluding hydrogens is 350 g/mol. The number of piperazine rings is 1. The van der Waals surface area contributed by atoms with Crippen molar-refractivity contribution in [2.45, 2.75) is 19.9 Å². The number of anilines is 1. The number of rotatable bonds is 3. The van der Waals surface area contributed by atoms with Gasteiger partial charge in [-0.1, -0.05) is 24.3 Å². The Hall–Kier alpha value is -2.37. The van der Waals surface area contributed by atoms with Crippen LogP contribution in [-0.4, -0.2) is 42.4 Å². The molecule has 0 unspecified atom stereocenters. The van der Waals surface area contributed by atoms with Crippen molar-refractivity contribution in [1.82, 2.24) is 10.2 Å². The maximum absolute atomic E-state index is 12.8. The summed E-state index contributed by atoms with van der Waals surface area (Å²) >= 11 is 0. The molecule has 6 heteroatoms. The van der Waals surface area contributed by atoms with E-state index in [1.807, 2.05) is 49.1 Å². The molecule has 2 aromatic carbocycles. The molecule has 1 saturated heterocycles. The number of nitrogens with one attached hydrogen (secondary N) is 2. The Bertz CT molecular complexity index is 780. The summed E-state index contributed by atoms with van der Waals surface area (Å²) in [6.45, 7) is 6.26. The van der Waals surface area contributed by atoms with Gasteiger partial charge in [-0.05, 0) is 43.7 Å². The van der Waals surface area contributed by atoms with Gasteiger partial charge in [0, 0.05) is 42.5 Å². The van der Waals surface area contributed by atoms with E-state index in [0.29, 0.717) is 23.4 Å². The quantitative estimate of drug-likeness (QED) is 0.869. The highest BCUT2D eigenvalue weighted by molar-refractivity contribution is 6.05. The van der Waals surface area contributed by atoms with Crippen LogP contribution in [0.25, 0.3) is 0 Å². The summed E-state index contributed by atoms with van der Waals surface area (Å²) < 4.78 is 0. The van der Waals surface area contributed by atoms with Gasteiger partial charge in [-0.2, -0.15) is 0 Å². The Morgan fingerprint density at radius 2 is 1.85 bits per heavy atom.